The van der Waals surface area contributed by atoms with Gasteiger partial charge in [-0.25, -0.2) is 4.79 Å². The van der Waals surface area contributed by atoms with E-state index >= 15 is 0 Å². The summed E-state index contributed by atoms with van der Waals surface area (Å²) < 4.78 is 10.8. The van der Waals surface area contributed by atoms with Crippen molar-refractivity contribution in [1.29, 1.82) is 0 Å². The van der Waals surface area contributed by atoms with Gasteiger partial charge in [-0.05, 0) is 39.0 Å². The molecule has 1 aliphatic rings. The van der Waals surface area contributed by atoms with Crippen molar-refractivity contribution < 1.29 is 14.3 Å². The van der Waals surface area contributed by atoms with Crippen LogP contribution in [0.25, 0.3) is 0 Å². The molecule has 0 aromatic heterocycles. The Hall–Kier alpha value is -0.770. The number of unbranched alkanes of at least 4 members (excludes halogenated alkanes) is 1. The summed E-state index contributed by atoms with van der Waals surface area (Å²) in [6.07, 6.45) is 6.76. The number of ether oxygens (including phenoxy) is 2. The van der Waals surface area contributed by atoms with Crippen LogP contribution in [0.1, 0.15) is 52.4 Å². The number of carbonyl (C=O) groups excluding carboxylic acids is 1. The van der Waals surface area contributed by atoms with Gasteiger partial charge in [0.05, 0.1) is 12.7 Å². The van der Waals surface area contributed by atoms with Crippen LogP contribution in [0.15, 0.2) is 0 Å². The lowest BCUT2D eigenvalue weighted by Gasteiger charge is -2.26. The smallest absolute Gasteiger partial charge is 0.409 e. The molecule has 4 heteroatoms. The quantitative estimate of drug-likeness (QED) is 0.703. The molecule has 0 radical (unpaired) electrons. The summed E-state index contributed by atoms with van der Waals surface area (Å²) in [5.74, 6) is 0. The first-order valence-electron chi connectivity index (χ1n) is 7.31. The minimum atomic E-state index is -0.179. The Bertz CT molecular complexity index is 227. The average Bonchev–Trinajstić information content (AvgIpc) is 2.40. The molecule has 1 amide bonds. The van der Waals surface area contributed by atoms with Crippen molar-refractivity contribution in [1.82, 2.24) is 4.90 Å². The molecule has 0 aliphatic carbocycles. The maximum absolute atomic E-state index is 11.8. The van der Waals surface area contributed by atoms with Gasteiger partial charge >= 0.3 is 6.09 Å². The molecule has 0 N–H and O–H groups in total. The van der Waals surface area contributed by atoms with Crippen molar-refractivity contribution in [3.05, 3.63) is 0 Å². The Labute approximate surface area is 111 Å². The minimum Gasteiger partial charge on any atom is -0.450 e. The van der Waals surface area contributed by atoms with Crippen LogP contribution in [-0.2, 0) is 9.47 Å². The Morgan fingerprint density at radius 1 is 1.33 bits per heavy atom. The van der Waals surface area contributed by atoms with E-state index in [9.17, 15) is 4.79 Å². The SMILES string of the molecule is CCCCN(CCC1CCCCO1)C(=O)OCC. The van der Waals surface area contributed by atoms with E-state index in [1.54, 1.807) is 0 Å². The van der Waals surface area contributed by atoms with Gasteiger partial charge in [-0.1, -0.05) is 13.3 Å². The molecular formula is C14H27NO3. The highest BCUT2D eigenvalue weighted by molar-refractivity contribution is 5.67. The lowest BCUT2D eigenvalue weighted by molar-refractivity contribution is 0.00520. The summed E-state index contributed by atoms with van der Waals surface area (Å²) in [6, 6.07) is 0. The molecule has 1 atom stereocenters. The zero-order chi connectivity index (χ0) is 13.2. The molecule has 1 rings (SSSR count). The summed E-state index contributed by atoms with van der Waals surface area (Å²) in [5, 5.41) is 0. The predicted molar refractivity (Wildman–Crippen MR) is 71.7 cm³/mol. The van der Waals surface area contributed by atoms with Gasteiger partial charge in [-0.2, -0.15) is 0 Å². The molecule has 0 bridgehead atoms. The van der Waals surface area contributed by atoms with Gasteiger partial charge in [0.25, 0.3) is 0 Å². The number of hydrogen-bond donors (Lipinski definition) is 0. The van der Waals surface area contributed by atoms with E-state index in [0.29, 0.717) is 12.7 Å². The van der Waals surface area contributed by atoms with Gasteiger partial charge < -0.3 is 14.4 Å². The maximum atomic E-state index is 11.8. The summed E-state index contributed by atoms with van der Waals surface area (Å²) in [4.78, 5) is 13.6. The van der Waals surface area contributed by atoms with Crippen LogP contribution < -0.4 is 0 Å². The predicted octanol–water partition coefficient (Wildman–Crippen LogP) is 3.20. The van der Waals surface area contributed by atoms with Crippen LogP contribution >= 0.6 is 0 Å². The minimum absolute atomic E-state index is 0.179. The van der Waals surface area contributed by atoms with E-state index in [4.69, 9.17) is 9.47 Å². The summed E-state index contributed by atoms with van der Waals surface area (Å²) in [7, 11) is 0. The van der Waals surface area contributed by atoms with Gasteiger partial charge in [0.1, 0.15) is 0 Å². The van der Waals surface area contributed by atoms with Gasteiger partial charge in [0, 0.05) is 19.7 Å². The maximum Gasteiger partial charge on any atom is 0.409 e. The van der Waals surface area contributed by atoms with Crippen LogP contribution in [0, 0.1) is 0 Å². The fourth-order valence-corrected chi connectivity index (χ4v) is 2.19. The van der Waals surface area contributed by atoms with E-state index in [1.807, 2.05) is 11.8 Å². The molecule has 0 spiro atoms. The van der Waals surface area contributed by atoms with Crippen molar-refractivity contribution in [2.45, 2.75) is 58.5 Å². The molecule has 1 heterocycles. The van der Waals surface area contributed by atoms with Crippen molar-refractivity contribution in [2.75, 3.05) is 26.3 Å². The second-order valence-electron chi connectivity index (χ2n) is 4.82. The summed E-state index contributed by atoms with van der Waals surface area (Å²) >= 11 is 0. The first-order chi connectivity index (χ1) is 8.77. The lowest BCUT2D eigenvalue weighted by atomic mass is 10.1. The van der Waals surface area contributed by atoms with Crippen LogP contribution in [0.2, 0.25) is 0 Å². The fraction of sp³-hybridized carbons (Fsp3) is 0.929. The van der Waals surface area contributed by atoms with Crippen molar-refractivity contribution >= 4 is 6.09 Å². The number of amides is 1. The van der Waals surface area contributed by atoms with Crippen LogP contribution in [0.5, 0.6) is 0 Å². The Morgan fingerprint density at radius 2 is 2.17 bits per heavy atom. The molecule has 1 saturated heterocycles. The van der Waals surface area contributed by atoms with Gasteiger partial charge in [0.15, 0.2) is 0 Å². The van der Waals surface area contributed by atoms with Crippen LogP contribution in [-0.4, -0.2) is 43.4 Å². The van der Waals surface area contributed by atoms with Gasteiger partial charge in [0.2, 0.25) is 0 Å². The molecule has 1 aliphatic heterocycles. The molecule has 18 heavy (non-hydrogen) atoms. The van der Waals surface area contributed by atoms with Crippen molar-refractivity contribution in [2.24, 2.45) is 0 Å². The number of nitrogens with zero attached hydrogens (tertiary/aromatic N) is 1. The van der Waals surface area contributed by atoms with Gasteiger partial charge in [-0.15, -0.1) is 0 Å². The number of carbonyl (C=O) groups is 1. The third kappa shape index (κ3) is 5.71. The third-order valence-corrected chi connectivity index (χ3v) is 3.30. The van der Waals surface area contributed by atoms with Crippen molar-refractivity contribution in [3.8, 4) is 0 Å². The molecular weight excluding hydrogens is 230 g/mol. The molecule has 0 saturated carbocycles. The topological polar surface area (TPSA) is 38.8 Å². The largest absolute Gasteiger partial charge is 0.450 e. The number of rotatable bonds is 7. The van der Waals surface area contributed by atoms with Gasteiger partial charge in [-0.3, -0.25) is 0 Å². The summed E-state index contributed by atoms with van der Waals surface area (Å²) in [6.45, 7) is 6.85. The highest BCUT2D eigenvalue weighted by Gasteiger charge is 2.18. The molecule has 4 nitrogen and oxygen atoms in total. The first kappa shape index (κ1) is 15.3. The molecule has 0 aromatic rings. The van der Waals surface area contributed by atoms with E-state index < -0.39 is 0 Å². The van der Waals surface area contributed by atoms with E-state index in [1.165, 1.54) is 12.8 Å². The fourth-order valence-electron chi connectivity index (χ4n) is 2.19. The van der Waals surface area contributed by atoms with E-state index in [-0.39, 0.29) is 6.09 Å². The van der Waals surface area contributed by atoms with E-state index in [0.717, 1.165) is 45.4 Å². The molecule has 1 unspecified atom stereocenters. The second-order valence-corrected chi connectivity index (χ2v) is 4.82. The zero-order valence-electron chi connectivity index (χ0n) is 11.8. The normalized spacial score (nSPS) is 19.6. The van der Waals surface area contributed by atoms with E-state index in [2.05, 4.69) is 6.92 Å². The summed E-state index contributed by atoms with van der Waals surface area (Å²) in [5.41, 5.74) is 0. The standard InChI is InChI=1S/C14H27NO3/c1-3-5-10-15(14(16)17-4-2)11-9-13-8-6-7-12-18-13/h13H,3-12H2,1-2H3. The molecule has 0 aromatic carbocycles. The molecule has 106 valence electrons. The van der Waals surface area contributed by atoms with Crippen LogP contribution in [0.3, 0.4) is 0 Å². The Kier molecular flexibility index (Phi) is 7.81. The molecule has 1 fully saturated rings. The first-order valence-corrected chi connectivity index (χ1v) is 7.31. The number of hydrogen-bond acceptors (Lipinski definition) is 3. The highest BCUT2D eigenvalue weighted by Crippen LogP contribution is 2.16. The monoisotopic (exact) mass is 257 g/mol. The third-order valence-electron chi connectivity index (χ3n) is 3.30. The van der Waals surface area contributed by atoms with Crippen molar-refractivity contribution in [3.63, 3.8) is 0 Å². The lowest BCUT2D eigenvalue weighted by Crippen LogP contribution is -2.35. The Balaban J connectivity index is 2.31. The Morgan fingerprint density at radius 3 is 2.78 bits per heavy atom. The highest BCUT2D eigenvalue weighted by atomic mass is 16.6. The average molecular weight is 257 g/mol. The second kappa shape index (κ2) is 9.20. The van der Waals surface area contributed by atoms with Crippen LogP contribution in [0.4, 0.5) is 4.79 Å². The zero-order valence-corrected chi connectivity index (χ0v) is 11.8.